The van der Waals surface area contributed by atoms with Crippen LogP contribution in [0, 0.1) is 6.92 Å². The topological polar surface area (TPSA) is 57.8 Å². The van der Waals surface area contributed by atoms with E-state index in [0.29, 0.717) is 5.59 Å². The smallest absolute Gasteiger partial charge is 0.422 e. The zero-order valence-electron chi connectivity index (χ0n) is 7.18. The summed E-state index contributed by atoms with van der Waals surface area (Å²) in [5.41, 5.74) is 2.09. The van der Waals surface area contributed by atoms with E-state index in [1.54, 1.807) is 6.20 Å². The summed E-state index contributed by atoms with van der Waals surface area (Å²) in [5, 5.41) is 22.2. The summed E-state index contributed by atoms with van der Waals surface area (Å²) >= 11 is 0. The highest BCUT2D eigenvalue weighted by Gasteiger charge is 2.18. The third-order valence-corrected chi connectivity index (χ3v) is 2.05. The van der Waals surface area contributed by atoms with Gasteiger partial charge in [-0.1, -0.05) is 6.07 Å². The van der Waals surface area contributed by atoms with Crippen LogP contribution in [0.4, 0.5) is 0 Å². The van der Waals surface area contributed by atoms with Crippen molar-refractivity contribution < 1.29 is 10.0 Å². The van der Waals surface area contributed by atoms with Crippen molar-refractivity contribution in [2.45, 2.75) is 6.92 Å². The van der Waals surface area contributed by atoms with E-state index in [1.807, 2.05) is 25.1 Å². The number of aromatic nitrogens is 2. The van der Waals surface area contributed by atoms with Crippen molar-refractivity contribution in [3.63, 3.8) is 0 Å². The molecule has 2 aromatic heterocycles. The predicted octanol–water partition coefficient (Wildman–Crippen LogP) is -0.677. The van der Waals surface area contributed by atoms with Gasteiger partial charge in [-0.2, -0.15) is 5.10 Å². The molecule has 0 unspecified atom stereocenters. The monoisotopic (exact) mass is 176 g/mol. The lowest BCUT2D eigenvalue weighted by Gasteiger charge is -2.06. The first kappa shape index (κ1) is 8.28. The molecule has 0 amide bonds. The first-order chi connectivity index (χ1) is 6.20. The summed E-state index contributed by atoms with van der Waals surface area (Å²) in [6, 6.07) is 5.53. The van der Waals surface area contributed by atoms with Gasteiger partial charge in [0.15, 0.2) is 0 Å². The number of hydrogen-bond acceptors (Lipinski definition) is 3. The third-order valence-electron chi connectivity index (χ3n) is 2.05. The highest BCUT2D eigenvalue weighted by atomic mass is 16.4. The van der Waals surface area contributed by atoms with Crippen molar-refractivity contribution in [3.05, 3.63) is 30.0 Å². The van der Waals surface area contributed by atoms with Crippen LogP contribution in [0.5, 0.6) is 0 Å². The van der Waals surface area contributed by atoms with Gasteiger partial charge in [0.1, 0.15) is 0 Å². The summed E-state index contributed by atoms with van der Waals surface area (Å²) < 4.78 is 1.53. The normalized spacial score (nSPS) is 10.7. The molecule has 0 atom stereocenters. The highest BCUT2D eigenvalue weighted by Crippen LogP contribution is 2.02. The van der Waals surface area contributed by atoms with E-state index in [0.717, 1.165) is 11.1 Å². The second-order valence-corrected chi connectivity index (χ2v) is 2.94. The quantitative estimate of drug-likeness (QED) is 0.566. The molecule has 0 saturated heterocycles. The minimum Gasteiger partial charge on any atom is -0.422 e. The fraction of sp³-hybridized carbons (Fsp3) is 0.125. The lowest BCUT2D eigenvalue weighted by Crippen LogP contribution is -2.38. The first-order valence-corrected chi connectivity index (χ1v) is 3.99. The molecule has 0 fully saturated rings. The van der Waals surface area contributed by atoms with Gasteiger partial charge in [-0.25, -0.2) is 4.52 Å². The Morgan fingerprint density at radius 2 is 2.08 bits per heavy atom. The van der Waals surface area contributed by atoms with E-state index in [1.165, 1.54) is 4.52 Å². The molecule has 5 heteroatoms. The van der Waals surface area contributed by atoms with E-state index in [2.05, 4.69) is 5.10 Å². The van der Waals surface area contributed by atoms with Gasteiger partial charge in [0, 0.05) is 6.20 Å². The van der Waals surface area contributed by atoms with Crippen LogP contribution in [0.2, 0.25) is 0 Å². The van der Waals surface area contributed by atoms with Gasteiger partial charge in [-0.15, -0.1) is 0 Å². The molecule has 66 valence electrons. The summed E-state index contributed by atoms with van der Waals surface area (Å²) in [6.07, 6.45) is 1.63. The van der Waals surface area contributed by atoms with Crippen molar-refractivity contribution in [1.82, 2.24) is 9.61 Å². The Labute approximate surface area is 75.6 Å². The Morgan fingerprint density at radius 3 is 2.77 bits per heavy atom. The zero-order valence-corrected chi connectivity index (χ0v) is 7.18. The maximum atomic E-state index is 9.12. The molecule has 0 aliphatic heterocycles. The Bertz CT molecular complexity index is 439. The van der Waals surface area contributed by atoms with E-state index >= 15 is 0 Å². The Balaban J connectivity index is 2.80. The summed E-state index contributed by atoms with van der Waals surface area (Å²) in [5.74, 6) is 0. The molecule has 13 heavy (non-hydrogen) atoms. The largest absolute Gasteiger partial charge is 0.508 e. The lowest BCUT2D eigenvalue weighted by atomic mass is 9.82. The van der Waals surface area contributed by atoms with Crippen molar-refractivity contribution in [1.29, 1.82) is 0 Å². The number of rotatable bonds is 1. The molecule has 0 aromatic carbocycles. The zero-order chi connectivity index (χ0) is 9.42. The van der Waals surface area contributed by atoms with Gasteiger partial charge in [0.2, 0.25) is 0 Å². The van der Waals surface area contributed by atoms with Gasteiger partial charge in [-0.3, -0.25) is 0 Å². The van der Waals surface area contributed by atoms with Crippen molar-refractivity contribution in [2.24, 2.45) is 0 Å². The average Bonchev–Trinajstić information content (AvgIpc) is 2.50. The van der Waals surface area contributed by atoms with Crippen LogP contribution in [0.25, 0.3) is 5.52 Å². The van der Waals surface area contributed by atoms with Crippen LogP contribution in [-0.4, -0.2) is 26.8 Å². The lowest BCUT2D eigenvalue weighted by molar-refractivity contribution is 0.422. The van der Waals surface area contributed by atoms with Crippen molar-refractivity contribution >= 4 is 18.2 Å². The Hall–Kier alpha value is -1.33. The fourth-order valence-electron chi connectivity index (χ4n) is 1.42. The molecule has 2 aromatic rings. The highest BCUT2D eigenvalue weighted by molar-refractivity contribution is 6.58. The predicted molar refractivity (Wildman–Crippen MR) is 49.8 cm³/mol. The standard InChI is InChI=1S/C8H9BN2O2/c1-6-2-3-7-4-5-10-11(7)8(6)9(12)13/h2-5,12-13H,1H3. The Morgan fingerprint density at radius 1 is 1.31 bits per heavy atom. The Kier molecular flexibility index (Phi) is 1.83. The molecule has 2 rings (SSSR count). The third kappa shape index (κ3) is 1.22. The van der Waals surface area contributed by atoms with Crippen LogP contribution in [0.3, 0.4) is 0 Å². The molecule has 0 bridgehead atoms. The second-order valence-electron chi connectivity index (χ2n) is 2.94. The minimum atomic E-state index is -1.48. The van der Waals surface area contributed by atoms with Crippen molar-refractivity contribution in [3.8, 4) is 0 Å². The van der Waals surface area contributed by atoms with Gasteiger partial charge in [0.05, 0.1) is 11.1 Å². The molecule has 0 spiro atoms. The van der Waals surface area contributed by atoms with Crippen LogP contribution >= 0.6 is 0 Å². The molecule has 0 radical (unpaired) electrons. The molecule has 2 heterocycles. The number of hydrogen-bond donors (Lipinski definition) is 2. The van der Waals surface area contributed by atoms with Crippen LogP contribution < -0.4 is 5.59 Å². The van der Waals surface area contributed by atoms with E-state index < -0.39 is 7.12 Å². The SMILES string of the molecule is Cc1ccc2ccnn2c1B(O)O. The molecule has 0 aliphatic rings. The van der Waals surface area contributed by atoms with E-state index in [4.69, 9.17) is 10.0 Å². The molecular weight excluding hydrogens is 167 g/mol. The molecule has 4 nitrogen and oxygen atoms in total. The minimum absolute atomic E-state index is 0.419. The van der Waals surface area contributed by atoms with Crippen molar-refractivity contribution in [2.75, 3.05) is 0 Å². The van der Waals surface area contributed by atoms with Gasteiger partial charge >= 0.3 is 7.12 Å². The maximum Gasteiger partial charge on any atom is 0.508 e. The van der Waals surface area contributed by atoms with Crippen LogP contribution in [0.15, 0.2) is 24.4 Å². The molecule has 0 saturated carbocycles. The number of fused-ring (bicyclic) bond motifs is 1. The number of nitrogens with zero attached hydrogens (tertiary/aromatic N) is 2. The van der Waals surface area contributed by atoms with Crippen LogP contribution in [0.1, 0.15) is 5.56 Å². The summed E-state index contributed by atoms with van der Waals surface area (Å²) in [6.45, 7) is 1.82. The summed E-state index contributed by atoms with van der Waals surface area (Å²) in [4.78, 5) is 0. The first-order valence-electron chi connectivity index (χ1n) is 3.99. The van der Waals surface area contributed by atoms with Gasteiger partial charge in [-0.05, 0) is 24.6 Å². The molecule has 2 N–H and O–H groups in total. The second kappa shape index (κ2) is 2.87. The van der Waals surface area contributed by atoms with Gasteiger partial charge < -0.3 is 10.0 Å². The molecule has 0 aliphatic carbocycles. The molecular formula is C8H9BN2O2. The fourth-order valence-corrected chi connectivity index (χ4v) is 1.42. The van der Waals surface area contributed by atoms with E-state index in [9.17, 15) is 0 Å². The average molecular weight is 176 g/mol. The number of aryl methyl sites for hydroxylation is 1. The van der Waals surface area contributed by atoms with Gasteiger partial charge in [0.25, 0.3) is 0 Å². The maximum absolute atomic E-state index is 9.12. The summed E-state index contributed by atoms with van der Waals surface area (Å²) in [7, 11) is -1.48. The van der Waals surface area contributed by atoms with Crippen LogP contribution in [-0.2, 0) is 0 Å². The van der Waals surface area contributed by atoms with E-state index in [-0.39, 0.29) is 0 Å². The number of pyridine rings is 1.